The van der Waals surface area contributed by atoms with E-state index in [1.165, 1.54) is 69.9 Å². The first-order valence-electron chi connectivity index (χ1n) is 19.4. The van der Waals surface area contributed by atoms with E-state index in [9.17, 15) is 9.90 Å². The van der Waals surface area contributed by atoms with Crippen LogP contribution in [-0.2, 0) is 30.3 Å². The summed E-state index contributed by atoms with van der Waals surface area (Å²) in [5.41, 5.74) is 5.15. The minimum Gasteiger partial charge on any atom is -0.512 e. The van der Waals surface area contributed by atoms with Crippen molar-refractivity contribution < 1.29 is 30.0 Å². The van der Waals surface area contributed by atoms with Gasteiger partial charge >= 0.3 is 0 Å². The van der Waals surface area contributed by atoms with Crippen LogP contribution in [0.1, 0.15) is 131 Å². The van der Waals surface area contributed by atoms with Gasteiger partial charge in [-0.05, 0) is 90.5 Å². The minimum absolute atomic E-state index is 0. The fourth-order valence-electron chi connectivity index (χ4n) is 7.91. The van der Waals surface area contributed by atoms with Crippen molar-refractivity contribution in [2.45, 2.75) is 125 Å². The van der Waals surface area contributed by atoms with Crippen LogP contribution < -0.4 is 0 Å². The number of carbonyl (C=O) groups is 1. The summed E-state index contributed by atoms with van der Waals surface area (Å²) in [6, 6.07) is 23.5. The average molecular weight is 876 g/mol. The number of hydrogen-bond acceptors (Lipinski definition) is 4. The molecule has 0 spiro atoms. The number of aliphatic hydroxyl groups is 1. The van der Waals surface area contributed by atoms with Crippen LogP contribution >= 0.6 is 0 Å². The second-order valence-corrected chi connectivity index (χ2v) is 16.4. The topological polar surface area (TPSA) is 63.1 Å². The Hall–Kier alpha value is -3.40. The first kappa shape index (κ1) is 41.4. The Morgan fingerprint density at radius 2 is 1.40 bits per heavy atom. The van der Waals surface area contributed by atoms with Gasteiger partial charge in [0.25, 0.3) is 0 Å². The molecule has 52 heavy (non-hydrogen) atoms. The van der Waals surface area contributed by atoms with Crippen LogP contribution in [0.3, 0.4) is 0 Å². The monoisotopic (exact) mass is 876 g/mol. The molecular weight excluding hydrogens is 817 g/mol. The molecule has 0 saturated heterocycles. The van der Waals surface area contributed by atoms with Crippen molar-refractivity contribution in [2.75, 3.05) is 0 Å². The van der Waals surface area contributed by atoms with E-state index in [0.29, 0.717) is 11.3 Å². The first-order valence-corrected chi connectivity index (χ1v) is 19.4. The van der Waals surface area contributed by atoms with E-state index in [-0.39, 0.29) is 48.9 Å². The molecule has 0 aliphatic heterocycles. The van der Waals surface area contributed by atoms with Gasteiger partial charge in [0.05, 0.1) is 11.5 Å². The Kier molecular flexibility index (Phi) is 14.0. The Labute approximate surface area is 326 Å². The molecule has 2 heterocycles. The number of rotatable bonds is 9. The SMILES string of the molecule is CC1(C)CCC(c2nccc3c2ccc2c(-c4[c-]c5ccccc5c(C(C)(C)C)c4)nccc23)CC1.CCC(CC)C(=O)/C=C(\O)C(CC)CC.[Ir]. The van der Waals surface area contributed by atoms with Crippen LogP contribution in [0, 0.1) is 23.3 Å². The summed E-state index contributed by atoms with van der Waals surface area (Å²) in [5.74, 6) is 1.09. The summed E-state index contributed by atoms with van der Waals surface area (Å²) in [6.07, 6.45) is 13.9. The van der Waals surface area contributed by atoms with Crippen molar-refractivity contribution in [2.24, 2.45) is 17.3 Å². The standard InChI is InChI=1S/C34H35N2.C13H24O2.Ir/c1-33(2,3)30-21-24(20-23-8-6-7-9-25(23)30)32-29-11-10-28-26(27(29)15-19-36-32)14-18-35-31(28)22-12-16-34(4,5)17-13-22;1-5-10(6-2)12(14)9-13(15)11(7-3)8-4;/h6-11,14-15,18-19,21-22H,12-13,16-17H2,1-5H3;9-11,14H,5-8H2,1-4H3;/q-1;;/b;12-9-;. The van der Waals surface area contributed by atoms with Crippen LogP contribution in [0.15, 0.2) is 78.8 Å². The quantitative estimate of drug-likeness (QED) is 0.0693. The number of nitrogens with zero attached hydrogens (tertiary/aromatic N) is 2. The number of ketones is 1. The number of hydrogen-bond donors (Lipinski definition) is 1. The molecule has 0 unspecified atom stereocenters. The van der Waals surface area contributed by atoms with E-state index in [0.717, 1.165) is 42.3 Å². The smallest absolute Gasteiger partial charge is 0.162 e. The van der Waals surface area contributed by atoms with Crippen LogP contribution in [0.4, 0.5) is 0 Å². The third-order valence-corrected chi connectivity index (χ3v) is 11.4. The number of aromatic nitrogens is 2. The fourth-order valence-corrected chi connectivity index (χ4v) is 7.91. The predicted molar refractivity (Wildman–Crippen MR) is 216 cm³/mol. The number of benzene rings is 3. The van der Waals surface area contributed by atoms with Gasteiger partial charge in [-0.2, -0.15) is 0 Å². The number of allylic oxidation sites excluding steroid dienone is 2. The van der Waals surface area contributed by atoms with Gasteiger partial charge in [-0.25, -0.2) is 0 Å². The molecule has 1 saturated carbocycles. The van der Waals surface area contributed by atoms with Crippen molar-refractivity contribution >= 4 is 38.1 Å². The molecule has 0 amide bonds. The number of fused-ring (bicyclic) bond motifs is 4. The van der Waals surface area contributed by atoms with E-state index in [4.69, 9.17) is 9.97 Å². The molecule has 4 nitrogen and oxygen atoms in total. The minimum atomic E-state index is 0. The molecular formula is C47H59IrN2O2-. The Morgan fingerprint density at radius 1 is 0.827 bits per heavy atom. The molecule has 1 aliphatic rings. The molecule has 279 valence electrons. The number of pyridine rings is 2. The molecule has 1 radical (unpaired) electrons. The van der Waals surface area contributed by atoms with Crippen LogP contribution in [0.2, 0.25) is 0 Å². The zero-order chi connectivity index (χ0) is 36.9. The second kappa shape index (κ2) is 17.6. The summed E-state index contributed by atoms with van der Waals surface area (Å²) >= 11 is 0. The maximum Gasteiger partial charge on any atom is 0.162 e. The summed E-state index contributed by atoms with van der Waals surface area (Å²) in [7, 11) is 0. The van der Waals surface area contributed by atoms with Crippen molar-refractivity contribution in [1.29, 1.82) is 0 Å². The van der Waals surface area contributed by atoms with Gasteiger partial charge in [-0.15, -0.1) is 29.1 Å². The molecule has 1 aliphatic carbocycles. The second-order valence-electron chi connectivity index (χ2n) is 16.4. The van der Waals surface area contributed by atoms with Crippen LogP contribution in [0.25, 0.3) is 43.6 Å². The molecule has 5 aromatic rings. The van der Waals surface area contributed by atoms with E-state index in [1.807, 2.05) is 40.1 Å². The molecule has 0 atom stereocenters. The van der Waals surface area contributed by atoms with Gasteiger partial charge in [-0.3, -0.25) is 14.8 Å². The number of carbonyl (C=O) groups excluding carboxylic acids is 1. The zero-order valence-corrected chi connectivity index (χ0v) is 35.3. The normalized spacial score (nSPS) is 15.2. The van der Waals surface area contributed by atoms with Crippen LogP contribution in [-0.4, -0.2) is 20.9 Å². The number of aliphatic hydroxyl groups excluding tert-OH is 1. The van der Waals surface area contributed by atoms with E-state index < -0.39 is 0 Å². The average Bonchev–Trinajstić information content (AvgIpc) is 3.11. The molecule has 1 N–H and O–H groups in total. The molecule has 6 rings (SSSR count). The largest absolute Gasteiger partial charge is 0.512 e. The maximum atomic E-state index is 11.7. The third kappa shape index (κ3) is 9.20. The fraction of sp³-hybridized carbons (Fsp3) is 0.468. The van der Waals surface area contributed by atoms with Gasteiger partial charge in [-0.1, -0.05) is 104 Å². The van der Waals surface area contributed by atoms with Crippen molar-refractivity contribution in [3.8, 4) is 11.3 Å². The van der Waals surface area contributed by atoms with Gasteiger partial charge in [0.15, 0.2) is 5.78 Å². The summed E-state index contributed by atoms with van der Waals surface area (Å²) in [5, 5.41) is 17.2. The van der Waals surface area contributed by atoms with Gasteiger partial charge in [0.2, 0.25) is 0 Å². The molecule has 5 heteroatoms. The van der Waals surface area contributed by atoms with Gasteiger partial charge < -0.3 is 5.11 Å². The van der Waals surface area contributed by atoms with Crippen LogP contribution in [0.5, 0.6) is 0 Å². The van der Waals surface area contributed by atoms with E-state index in [2.05, 4.69) is 95.3 Å². The van der Waals surface area contributed by atoms with Crippen molar-refractivity contribution in [3.05, 3.63) is 96.1 Å². The molecule has 1 fully saturated rings. The van der Waals surface area contributed by atoms with Gasteiger partial charge in [0.1, 0.15) is 0 Å². The first-order chi connectivity index (χ1) is 24.3. The van der Waals surface area contributed by atoms with Gasteiger partial charge in [0, 0.05) is 67.4 Å². The predicted octanol–water partition coefficient (Wildman–Crippen LogP) is 13.3. The Bertz CT molecular complexity index is 2000. The zero-order valence-electron chi connectivity index (χ0n) is 32.9. The molecule has 0 bridgehead atoms. The molecule has 2 aromatic heterocycles. The Balaban J connectivity index is 0.000000323. The van der Waals surface area contributed by atoms with E-state index in [1.54, 1.807) is 0 Å². The summed E-state index contributed by atoms with van der Waals surface area (Å²) < 4.78 is 0. The van der Waals surface area contributed by atoms with Crippen molar-refractivity contribution in [3.63, 3.8) is 0 Å². The summed E-state index contributed by atoms with van der Waals surface area (Å²) in [4.78, 5) is 21.5. The van der Waals surface area contributed by atoms with Crippen molar-refractivity contribution in [1.82, 2.24) is 9.97 Å². The summed E-state index contributed by atoms with van der Waals surface area (Å²) in [6.45, 7) is 19.7. The maximum absolute atomic E-state index is 11.7. The van der Waals surface area contributed by atoms with E-state index >= 15 is 0 Å². The third-order valence-electron chi connectivity index (χ3n) is 11.4. The Morgan fingerprint density at radius 3 is 2.02 bits per heavy atom. The molecule has 3 aromatic carbocycles.